The van der Waals surface area contributed by atoms with Crippen molar-refractivity contribution in [1.29, 1.82) is 5.26 Å². The summed E-state index contributed by atoms with van der Waals surface area (Å²) in [6.45, 7) is 0.621. The third-order valence-corrected chi connectivity index (χ3v) is 6.13. The number of amides is 1. The third-order valence-electron chi connectivity index (χ3n) is 6.13. The van der Waals surface area contributed by atoms with Crippen molar-refractivity contribution in [3.8, 4) is 28.8 Å². The number of fused-ring (bicyclic) bond motifs is 1. The van der Waals surface area contributed by atoms with E-state index in [1.54, 1.807) is 6.07 Å². The van der Waals surface area contributed by atoms with Crippen LogP contribution in [0.25, 0.3) is 22.3 Å². The summed E-state index contributed by atoms with van der Waals surface area (Å²) in [7, 11) is 0. The van der Waals surface area contributed by atoms with Crippen LogP contribution < -0.4 is 10.5 Å². The van der Waals surface area contributed by atoms with E-state index in [1.165, 1.54) is 22.0 Å². The molecule has 1 saturated heterocycles. The molecule has 198 valence electrons. The first-order chi connectivity index (χ1) is 18.7. The SMILES string of the molecule is N#C/C=C\C(=O)N1CCC(n2nc(-c3ccc(Oc4c(F)c(F)cc(F)c4F)cc3F)c3c(N)ncnc32)C1. The number of halogens is 5. The lowest BCUT2D eigenvalue weighted by molar-refractivity contribution is -0.125. The number of aromatic nitrogens is 4. The van der Waals surface area contributed by atoms with Gasteiger partial charge in [0.15, 0.2) is 17.3 Å². The average Bonchev–Trinajstić information content (AvgIpc) is 3.55. The molecule has 2 aromatic carbocycles. The third kappa shape index (κ3) is 4.58. The number of carbonyl (C=O) groups excluding carboxylic acids is 1. The Kier molecular flexibility index (Phi) is 6.57. The van der Waals surface area contributed by atoms with Crippen molar-refractivity contribution in [3.05, 3.63) is 71.8 Å². The van der Waals surface area contributed by atoms with Crippen LogP contribution in [0.2, 0.25) is 0 Å². The quantitative estimate of drug-likeness (QED) is 0.172. The van der Waals surface area contributed by atoms with Crippen LogP contribution in [0, 0.1) is 40.4 Å². The molecule has 1 amide bonds. The van der Waals surface area contributed by atoms with Gasteiger partial charge >= 0.3 is 0 Å². The van der Waals surface area contributed by atoms with Crippen molar-refractivity contribution in [2.75, 3.05) is 18.8 Å². The summed E-state index contributed by atoms with van der Waals surface area (Å²) >= 11 is 0. The average molecular weight is 541 g/mol. The molecule has 0 saturated carbocycles. The number of carbonyl (C=O) groups is 1. The predicted molar refractivity (Wildman–Crippen MR) is 126 cm³/mol. The van der Waals surface area contributed by atoms with Gasteiger partial charge in [-0.05, 0) is 18.6 Å². The van der Waals surface area contributed by atoms with Gasteiger partial charge in [0, 0.05) is 42.9 Å². The van der Waals surface area contributed by atoms with E-state index in [0.29, 0.717) is 13.0 Å². The Morgan fingerprint density at radius 3 is 2.54 bits per heavy atom. The molecule has 1 aliphatic rings. The number of hydrogen-bond donors (Lipinski definition) is 1. The molecule has 9 nitrogen and oxygen atoms in total. The van der Waals surface area contributed by atoms with Crippen LogP contribution in [0.15, 0.2) is 42.7 Å². The van der Waals surface area contributed by atoms with E-state index >= 15 is 4.39 Å². The van der Waals surface area contributed by atoms with Crippen molar-refractivity contribution >= 4 is 22.8 Å². The number of nitrogens with two attached hydrogens (primary N) is 1. The molecule has 1 unspecified atom stereocenters. The van der Waals surface area contributed by atoms with Crippen molar-refractivity contribution in [2.24, 2.45) is 0 Å². The van der Waals surface area contributed by atoms with E-state index in [9.17, 15) is 22.4 Å². The molecule has 0 spiro atoms. The molecule has 2 N–H and O–H groups in total. The van der Waals surface area contributed by atoms with Crippen molar-refractivity contribution < 1.29 is 31.5 Å². The van der Waals surface area contributed by atoms with Crippen LogP contribution in [0.5, 0.6) is 11.5 Å². The van der Waals surface area contributed by atoms with E-state index in [-0.39, 0.29) is 52.7 Å². The van der Waals surface area contributed by atoms with Crippen molar-refractivity contribution in [2.45, 2.75) is 12.5 Å². The number of nitriles is 1. The highest BCUT2D eigenvalue weighted by Crippen LogP contribution is 2.37. The molecule has 0 aliphatic carbocycles. The molecule has 3 heterocycles. The van der Waals surface area contributed by atoms with Crippen LogP contribution >= 0.6 is 0 Å². The van der Waals surface area contributed by atoms with E-state index < -0.39 is 40.6 Å². The fourth-order valence-corrected chi connectivity index (χ4v) is 4.30. The zero-order chi connectivity index (χ0) is 27.8. The molecular formula is C25H16F5N7O2. The standard InChI is InChI=1S/C25H16F5N7O2/c26-15-8-13(39-23-20(29)16(27)9-17(28)21(23)30)3-4-14(15)22-19-24(32)33-11-34-25(19)37(35-22)12-5-7-36(10-12)18(38)2-1-6-31/h1-4,8-9,11-12H,5,7,10H2,(H2,32,33,34)/b2-1-. The smallest absolute Gasteiger partial charge is 0.247 e. The maximum Gasteiger partial charge on any atom is 0.247 e. The fraction of sp³-hybridized carbons (Fsp3) is 0.160. The minimum Gasteiger partial charge on any atom is -0.451 e. The van der Waals surface area contributed by atoms with Gasteiger partial charge in [0.05, 0.1) is 17.5 Å². The second-order valence-electron chi connectivity index (χ2n) is 8.48. The highest BCUT2D eigenvalue weighted by atomic mass is 19.2. The molecule has 5 rings (SSSR count). The van der Waals surface area contributed by atoms with Gasteiger partial charge in [-0.15, -0.1) is 0 Å². The number of allylic oxidation sites excluding steroid dienone is 1. The second-order valence-corrected chi connectivity index (χ2v) is 8.48. The van der Waals surface area contributed by atoms with Crippen LogP contribution in [-0.2, 0) is 4.79 Å². The van der Waals surface area contributed by atoms with Gasteiger partial charge in [0.1, 0.15) is 29.4 Å². The minimum atomic E-state index is -1.78. The number of ether oxygens (including phenoxy) is 1. The number of rotatable bonds is 5. The van der Waals surface area contributed by atoms with Gasteiger partial charge < -0.3 is 15.4 Å². The van der Waals surface area contributed by atoms with E-state index in [1.807, 2.05) is 0 Å². The van der Waals surface area contributed by atoms with Gasteiger partial charge in [-0.3, -0.25) is 4.79 Å². The van der Waals surface area contributed by atoms with Crippen LogP contribution in [0.3, 0.4) is 0 Å². The van der Waals surface area contributed by atoms with Gasteiger partial charge in [-0.1, -0.05) is 0 Å². The summed E-state index contributed by atoms with van der Waals surface area (Å²) in [4.78, 5) is 22.0. The zero-order valence-electron chi connectivity index (χ0n) is 19.7. The second kappa shape index (κ2) is 10.0. The molecule has 1 aliphatic heterocycles. The van der Waals surface area contributed by atoms with Gasteiger partial charge in [0.2, 0.25) is 23.3 Å². The Balaban J connectivity index is 1.51. The number of benzene rings is 2. The maximum atomic E-state index is 15.3. The monoisotopic (exact) mass is 541 g/mol. The lowest BCUT2D eigenvalue weighted by Gasteiger charge is -2.14. The lowest BCUT2D eigenvalue weighted by atomic mass is 10.1. The molecule has 1 fully saturated rings. The first-order valence-corrected chi connectivity index (χ1v) is 11.3. The highest BCUT2D eigenvalue weighted by Gasteiger charge is 2.31. The van der Waals surface area contributed by atoms with Gasteiger partial charge in [0.25, 0.3) is 0 Å². The van der Waals surface area contributed by atoms with Gasteiger partial charge in [-0.2, -0.15) is 19.1 Å². The summed E-state index contributed by atoms with van der Waals surface area (Å²) in [6, 6.07) is 4.51. The normalized spacial score (nSPS) is 15.3. The fourth-order valence-electron chi connectivity index (χ4n) is 4.30. The van der Waals surface area contributed by atoms with Crippen LogP contribution in [-0.4, -0.2) is 43.6 Å². The van der Waals surface area contributed by atoms with E-state index in [0.717, 1.165) is 24.3 Å². The molecule has 0 radical (unpaired) electrons. The van der Waals surface area contributed by atoms with Crippen molar-refractivity contribution in [1.82, 2.24) is 24.6 Å². The maximum absolute atomic E-state index is 15.3. The van der Waals surface area contributed by atoms with Gasteiger partial charge in [-0.25, -0.2) is 27.8 Å². The summed E-state index contributed by atoms with van der Waals surface area (Å²) in [5.74, 6) is -10.0. The zero-order valence-corrected chi connectivity index (χ0v) is 19.7. The Bertz CT molecular complexity index is 1670. The Hall–Kier alpha value is -5.06. The van der Waals surface area contributed by atoms with Crippen LogP contribution in [0.4, 0.5) is 27.8 Å². The molecule has 1 atom stereocenters. The number of anilines is 1. The summed E-state index contributed by atoms with van der Waals surface area (Å²) < 4.78 is 76.8. The van der Waals surface area contributed by atoms with E-state index in [2.05, 4.69) is 15.1 Å². The molecule has 39 heavy (non-hydrogen) atoms. The number of likely N-dealkylation sites (tertiary alicyclic amines) is 1. The molecule has 2 aromatic heterocycles. The summed E-state index contributed by atoms with van der Waals surface area (Å²) in [6.07, 6.45) is 3.93. The Labute approximate surface area is 216 Å². The van der Waals surface area contributed by atoms with Crippen molar-refractivity contribution in [3.63, 3.8) is 0 Å². The predicted octanol–water partition coefficient (Wildman–Crippen LogP) is 4.42. The van der Waals surface area contributed by atoms with Crippen LogP contribution in [0.1, 0.15) is 12.5 Å². The minimum absolute atomic E-state index is 0.00300. The highest BCUT2D eigenvalue weighted by molar-refractivity contribution is 5.98. The molecule has 0 bridgehead atoms. The summed E-state index contributed by atoms with van der Waals surface area (Å²) in [5.41, 5.74) is 6.31. The number of hydrogen-bond acceptors (Lipinski definition) is 7. The first kappa shape index (κ1) is 25.6. The van der Waals surface area contributed by atoms with E-state index in [4.69, 9.17) is 15.7 Å². The Morgan fingerprint density at radius 1 is 1.10 bits per heavy atom. The topological polar surface area (TPSA) is 123 Å². The first-order valence-electron chi connectivity index (χ1n) is 11.3. The molecule has 14 heteroatoms. The lowest BCUT2D eigenvalue weighted by Crippen LogP contribution is -2.27. The number of nitrogens with zero attached hydrogens (tertiary/aromatic N) is 6. The molecular weight excluding hydrogens is 525 g/mol. The Morgan fingerprint density at radius 2 is 1.85 bits per heavy atom. The summed E-state index contributed by atoms with van der Waals surface area (Å²) in [5, 5.41) is 13.4. The largest absolute Gasteiger partial charge is 0.451 e. The molecule has 4 aromatic rings. The number of nitrogen functional groups attached to an aromatic ring is 1.